The molecule has 8 heteroatoms. The number of fused-ring (bicyclic) bond motifs is 7. The van der Waals surface area contributed by atoms with Crippen molar-refractivity contribution in [3.8, 4) is 23.2 Å². The molecule has 2 aliphatic heterocycles. The number of rotatable bonds is 0. The Hall–Kier alpha value is -3.44. The second-order valence-corrected chi connectivity index (χ2v) is 8.02. The zero-order valence-corrected chi connectivity index (χ0v) is 17.3. The van der Waals surface area contributed by atoms with E-state index in [0.29, 0.717) is 23.5 Å². The van der Waals surface area contributed by atoms with Crippen molar-refractivity contribution < 1.29 is 4.74 Å². The number of nitrogens with two attached hydrogens (primary N) is 1. The van der Waals surface area contributed by atoms with Gasteiger partial charge in [0.05, 0.1) is 23.1 Å². The number of nitrogens with zero attached hydrogens (tertiary/aromatic N) is 6. The molecule has 1 fully saturated rings. The molecule has 4 heterocycles. The van der Waals surface area contributed by atoms with E-state index < -0.39 is 0 Å². The number of hydrogen-bond donors (Lipinski definition) is 1. The van der Waals surface area contributed by atoms with Gasteiger partial charge in [0.2, 0.25) is 0 Å². The molecule has 0 radical (unpaired) electrons. The Morgan fingerprint density at radius 1 is 1.30 bits per heavy atom. The van der Waals surface area contributed by atoms with Gasteiger partial charge >= 0.3 is 0 Å². The molecular weight excluding hydrogens is 378 g/mol. The summed E-state index contributed by atoms with van der Waals surface area (Å²) >= 11 is 0. The third-order valence-corrected chi connectivity index (χ3v) is 6.06. The van der Waals surface area contributed by atoms with Gasteiger partial charge in [-0.1, -0.05) is 23.8 Å². The third kappa shape index (κ3) is 2.82. The maximum atomic E-state index is 9.74. The molecule has 30 heavy (non-hydrogen) atoms. The SMILES string of the molecule is Cc1ccc2c(c1)[C@@H](C)Oc1nc(cnc1N)-c1c(nn(C)c1C#N)CN1CCC21. The van der Waals surface area contributed by atoms with E-state index in [1.54, 1.807) is 17.9 Å². The number of aromatic nitrogens is 4. The first-order valence-electron chi connectivity index (χ1n) is 10.1. The van der Waals surface area contributed by atoms with Crippen molar-refractivity contribution in [2.24, 2.45) is 7.05 Å². The molecule has 5 rings (SSSR count). The van der Waals surface area contributed by atoms with Crippen molar-refractivity contribution in [1.29, 1.82) is 5.26 Å². The molecule has 2 N–H and O–H groups in total. The number of benzene rings is 1. The zero-order valence-electron chi connectivity index (χ0n) is 17.3. The molecule has 1 unspecified atom stereocenters. The van der Waals surface area contributed by atoms with Crippen molar-refractivity contribution in [1.82, 2.24) is 24.6 Å². The molecule has 2 bridgehead atoms. The predicted molar refractivity (Wildman–Crippen MR) is 111 cm³/mol. The molecule has 8 nitrogen and oxygen atoms in total. The predicted octanol–water partition coefficient (Wildman–Crippen LogP) is 3.04. The van der Waals surface area contributed by atoms with Gasteiger partial charge in [0.25, 0.3) is 5.88 Å². The number of ether oxygens (including phenoxy) is 1. The molecule has 152 valence electrons. The lowest BCUT2D eigenvalue weighted by molar-refractivity contribution is 0.0775. The topological polar surface area (TPSA) is 106 Å². The van der Waals surface area contributed by atoms with Crippen LogP contribution in [0, 0.1) is 18.3 Å². The highest BCUT2D eigenvalue weighted by atomic mass is 16.5. The van der Waals surface area contributed by atoms with Crippen LogP contribution in [0.2, 0.25) is 0 Å². The zero-order chi connectivity index (χ0) is 21.0. The minimum Gasteiger partial charge on any atom is -0.467 e. The summed E-state index contributed by atoms with van der Waals surface area (Å²) in [6.45, 7) is 5.71. The van der Waals surface area contributed by atoms with Crippen molar-refractivity contribution >= 4 is 5.82 Å². The second-order valence-electron chi connectivity index (χ2n) is 8.02. The summed E-state index contributed by atoms with van der Waals surface area (Å²) in [5.41, 5.74) is 12.2. The van der Waals surface area contributed by atoms with Crippen LogP contribution in [0.15, 0.2) is 24.4 Å². The van der Waals surface area contributed by atoms with Crippen LogP contribution in [-0.4, -0.2) is 31.2 Å². The lowest BCUT2D eigenvalue weighted by Gasteiger charge is -2.42. The number of anilines is 1. The molecule has 0 aliphatic carbocycles. The normalized spacial score (nSPS) is 20.3. The van der Waals surface area contributed by atoms with Crippen LogP contribution in [0.3, 0.4) is 0 Å². The van der Waals surface area contributed by atoms with Crippen molar-refractivity contribution in [2.75, 3.05) is 12.3 Å². The van der Waals surface area contributed by atoms with E-state index in [1.165, 1.54) is 11.1 Å². The molecule has 1 saturated heterocycles. The fourth-order valence-corrected chi connectivity index (χ4v) is 4.43. The van der Waals surface area contributed by atoms with E-state index in [1.807, 2.05) is 6.92 Å². The second kappa shape index (κ2) is 6.82. The van der Waals surface area contributed by atoms with Crippen LogP contribution in [0.1, 0.15) is 53.6 Å². The van der Waals surface area contributed by atoms with Gasteiger partial charge in [-0.3, -0.25) is 9.58 Å². The number of nitrogen functional groups attached to an aromatic ring is 1. The van der Waals surface area contributed by atoms with Gasteiger partial charge in [-0.2, -0.15) is 10.4 Å². The summed E-state index contributed by atoms with van der Waals surface area (Å²) in [5.74, 6) is 0.503. The van der Waals surface area contributed by atoms with E-state index in [-0.39, 0.29) is 23.8 Å². The molecule has 3 aromatic rings. The van der Waals surface area contributed by atoms with Crippen LogP contribution < -0.4 is 10.5 Å². The highest BCUT2D eigenvalue weighted by molar-refractivity contribution is 5.69. The summed E-state index contributed by atoms with van der Waals surface area (Å²) in [4.78, 5) is 11.3. The first-order chi connectivity index (χ1) is 14.5. The van der Waals surface area contributed by atoms with E-state index in [0.717, 1.165) is 24.2 Å². The minimum absolute atomic E-state index is 0.228. The summed E-state index contributed by atoms with van der Waals surface area (Å²) < 4.78 is 7.82. The smallest absolute Gasteiger partial charge is 0.258 e. The maximum absolute atomic E-state index is 9.74. The Balaban J connectivity index is 1.73. The Morgan fingerprint density at radius 3 is 2.87 bits per heavy atom. The van der Waals surface area contributed by atoms with E-state index in [4.69, 9.17) is 10.5 Å². The Morgan fingerprint density at radius 2 is 2.13 bits per heavy atom. The standard InChI is InChI=1S/C22H23N7O/c1-12-4-5-14-15(8-12)13(2)30-22-21(24)25-10-16(26-22)20-17(11-29-7-6-18(14)29)27-28(3)19(20)9-23/h4-5,8,10,13,18H,6-7,11H2,1-3H3,(H2,24,25)/t13-,18?/m1/s1. The summed E-state index contributed by atoms with van der Waals surface area (Å²) in [5, 5.41) is 14.4. The Labute approximate surface area is 174 Å². The Bertz CT molecular complexity index is 1190. The van der Waals surface area contributed by atoms with Crippen molar-refractivity contribution in [2.45, 2.75) is 39.0 Å². The third-order valence-electron chi connectivity index (χ3n) is 6.06. The van der Waals surface area contributed by atoms with Crippen LogP contribution in [-0.2, 0) is 13.6 Å². The van der Waals surface area contributed by atoms with Crippen LogP contribution in [0.5, 0.6) is 5.88 Å². The van der Waals surface area contributed by atoms with E-state index in [9.17, 15) is 5.26 Å². The molecule has 2 aromatic heterocycles. The van der Waals surface area contributed by atoms with Gasteiger partial charge in [0.1, 0.15) is 17.9 Å². The lowest BCUT2D eigenvalue weighted by atomic mass is 9.88. The van der Waals surface area contributed by atoms with Crippen LogP contribution in [0.25, 0.3) is 11.3 Å². The molecule has 2 atom stereocenters. The lowest BCUT2D eigenvalue weighted by Crippen LogP contribution is -2.41. The van der Waals surface area contributed by atoms with E-state index >= 15 is 0 Å². The quantitative estimate of drug-likeness (QED) is 0.617. The highest BCUT2D eigenvalue weighted by Crippen LogP contribution is 2.41. The van der Waals surface area contributed by atoms with Gasteiger partial charge in [-0.05, 0) is 31.4 Å². The van der Waals surface area contributed by atoms with Crippen LogP contribution >= 0.6 is 0 Å². The van der Waals surface area contributed by atoms with E-state index in [2.05, 4.69) is 51.2 Å². The summed E-state index contributed by atoms with van der Waals surface area (Å²) in [7, 11) is 1.78. The number of nitriles is 1. The molecule has 0 saturated carbocycles. The van der Waals surface area contributed by atoms with Crippen LogP contribution in [0.4, 0.5) is 5.82 Å². The molecule has 1 aromatic carbocycles. The van der Waals surface area contributed by atoms with Crippen molar-refractivity contribution in [3.63, 3.8) is 0 Å². The largest absolute Gasteiger partial charge is 0.467 e. The molecule has 2 aliphatic rings. The fourth-order valence-electron chi connectivity index (χ4n) is 4.43. The first kappa shape index (κ1) is 18.6. The van der Waals surface area contributed by atoms with Crippen molar-refractivity contribution in [3.05, 3.63) is 52.5 Å². The number of aryl methyl sites for hydroxylation is 2. The Kier molecular flexibility index (Phi) is 4.22. The summed E-state index contributed by atoms with van der Waals surface area (Å²) in [6.07, 6.45) is 2.42. The minimum atomic E-state index is -0.238. The molecular formula is C22H23N7O. The fraction of sp³-hybridized carbons (Fsp3) is 0.364. The van der Waals surface area contributed by atoms with Gasteiger partial charge in [-0.15, -0.1) is 0 Å². The van der Waals surface area contributed by atoms with Gasteiger partial charge in [0, 0.05) is 26.2 Å². The van der Waals surface area contributed by atoms with Gasteiger partial charge in [-0.25, -0.2) is 9.97 Å². The number of hydrogen-bond acceptors (Lipinski definition) is 7. The summed E-state index contributed by atoms with van der Waals surface area (Å²) in [6, 6.07) is 9.05. The average Bonchev–Trinajstić information content (AvgIpc) is 3.02. The highest BCUT2D eigenvalue weighted by Gasteiger charge is 2.35. The maximum Gasteiger partial charge on any atom is 0.258 e. The molecule has 0 amide bonds. The average molecular weight is 401 g/mol. The van der Waals surface area contributed by atoms with Gasteiger partial charge < -0.3 is 10.5 Å². The van der Waals surface area contributed by atoms with Gasteiger partial charge in [0.15, 0.2) is 5.82 Å². The monoisotopic (exact) mass is 401 g/mol. The first-order valence-corrected chi connectivity index (χ1v) is 10.1. The molecule has 0 spiro atoms.